The summed E-state index contributed by atoms with van der Waals surface area (Å²) in [6, 6.07) is 9.64. The second-order valence-electron chi connectivity index (χ2n) is 6.96. The monoisotopic (exact) mass is 418 g/mol. The van der Waals surface area contributed by atoms with Gasteiger partial charge < -0.3 is 19.5 Å². The maximum absolute atomic E-state index is 12.9. The molecule has 1 amide bonds. The van der Waals surface area contributed by atoms with Gasteiger partial charge in [0.2, 0.25) is 5.91 Å². The van der Waals surface area contributed by atoms with Gasteiger partial charge in [0.25, 0.3) is 0 Å². The number of amides is 1. The quantitative estimate of drug-likeness (QED) is 0.594. The number of benzene rings is 1. The molecule has 2 heterocycles. The van der Waals surface area contributed by atoms with Crippen LogP contribution in [-0.2, 0) is 16.1 Å². The zero-order chi connectivity index (χ0) is 20.5. The van der Waals surface area contributed by atoms with Crippen LogP contribution in [0.25, 0.3) is 0 Å². The Morgan fingerprint density at radius 2 is 2.14 bits per heavy atom. The SMILES string of the molecule is CCOc1ccc(OCC)c(NC(=O)CN(Cc2cccs2)CC2CCCO2)c1. The van der Waals surface area contributed by atoms with Crippen molar-refractivity contribution < 1.29 is 19.0 Å². The third-order valence-electron chi connectivity index (χ3n) is 4.65. The van der Waals surface area contributed by atoms with Crippen molar-refractivity contribution in [1.82, 2.24) is 4.90 Å². The van der Waals surface area contributed by atoms with Gasteiger partial charge in [-0.15, -0.1) is 11.3 Å². The summed E-state index contributed by atoms with van der Waals surface area (Å²) in [5, 5.41) is 5.07. The van der Waals surface area contributed by atoms with Crippen LogP contribution in [0, 0.1) is 0 Å². The fraction of sp³-hybridized carbons (Fsp3) is 0.500. The summed E-state index contributed by atoms with van der Waals surface area (Å²) in [7, 11) is 0. The number of thiophene rings is 1. The van der Waals surface area contributed by atoms with Crippen molar-refractivity contribution in [2.24, 2.45) is 0 Å². The van der Waals surface area contributed by atoms with Crippen LogP contribution >= 0.6 is 11.3 Å². The second kappa shape index (κ2) is 11.2. The van der Waals surface area contributed by atoms with Crippen molar-refractivity contribution in [2.45, 2.75) is 39.3 Å². The van der Waals surface area contributed by atoms with Gasteiger partial charge in [-0.2, -0.15) is 0 Å². The molecule has 158 valence electrons. The lowest BCUT2D eigenvalue weighted by Gasteiger charge is -2.24. The van der Waals surface area contributed by atoms with E-state index in [1.165, 1.54) is 4.88 Å². The summed E-state index contributed by atoms with van der Waals surface area (Å²) in [4.78, 5) is 16.3. The molecule has 1 aliphatic heterocycles. The van der Waals surface area contributed by atoms with E-state index in [4.69, 9.17) is 14.2 Å². The van der Waals surface area contributed by atoms with E-state index in [-0.39, 0.29) is 12.0 Å². The lowest BCUT2D eigenvalue weighted by Crippen LogP contribution is -2.37. The highest BCUT2D eigenvalue weighted by Gasteiger charge is 2.22. The highest BCUT2D eigenvalue weighted by molar-refractivity contribution is 7.09. The van der Waals surface area contributed by atoms with Crippen molar-refractivity contribution in [1.29, 1.82) is 0 Å². The van der Waals surface area contributed by atoms with Crippen LogP contribution in [-0.4, -0.2) is 49.8 Å². The van der Waals surface area contributed by atoms with Crippen molar-refractivity contribution in [2.75, 3.05) is 38.2 Å². The van der Waals surface area contributed by atoms with E-state index in [9.17, 15) is 4.79 Å². The number of rotatable bonds is 11. The van der Waals surface area contributed by atoms with Crippen LogP contribution in [0.3, 0.4) is 0 Å². The van der Waals surface area contributed by atoms with Crippen LogP contribution in [0.15, 0.2) is 35.7 Å². The summed E-state index contributed by atoms with van der Waals surface area (Å²) in [5.74, 6) is 1.28. The van der Waals surface area contributed by atoms with Gasteiger partial charge in [0, 0.05) is 30.6 Å². The minimum absolute atomic E-state index is 0.0749. The predicted molar refractivity (Wildman–Crippen MR) is 116 cm³/mol. The average Bonchev–Trinajstić information content (AvgIpc) is 3.38. The third kappa shape index (κ3) is 6.73. The van der Waals surface area contributed by atoms with Gasteiger partial charge in [0.05, 0.1) is 31.5 Å². The van der Waals surface area contributed by atoms with Gasteiger partial charge in [-0.25, -0.2) is 0 Å². The van der Waals surface area contributed by atoms with E-state index in [0.717, 1.165) is 32.5 Å². The maximum Gasteiger partial charge on any atom is 0.238 e. The molecule has 1 saturated heterocycles. The van der Waals surface area contributed by atoms with Crippen LogP contribution in [0.1, 0.15) is 31.6 Å². The van der Waals surface area contributed by atoms with Gasteiger partial charge in [0.15, 0.2) is 0 Å². The van der Waals surface area contributed by atoms with E-state index in [1.54, 1.807) is 11.3 Å². The molecule has 1 aromatic heterocycles. The Morgan fingerprint density at radius 3 is 2.83 bits per heavy atom. The molecule has 0 radical (unpaired) electrons. The lowest BCUT2D eigenvalue weighted by atomic mass is 10.2. The Labute approximate surface area is 176 Å². The van der Waals surface area contributed by atoms with Gasteiger partial charge in [-0.1, -0.05) is 6.07 Å². The number of carbonyl (C=O) groups is 1. The number of ether oxygens (including phenoxy) is 3. The summed E-state index contributed by atoms with van der Waals surface area (Å²) in [5.41, 5.74) is 0.635. The molecule has 29 heavy (non-hydrogen) atoms. The number of carbonyl (C=O) groups excluding carboxylic acids is 1. The normalized spacial score (nSPS) is 16.2. The minimum atomic E-state index is -0.0749. The fourth-order valence-corrected chi connectivity index (χ4v) is 4.17. The zero-order valence-electron chi connectivity index (χ0n) is 17.2. The highest BCUT2D eigenvalue weighted by atomic mass is 32.1. The average molecular weight is 419 g/mol. The summed E-state index contributed by atoms with van der Waals surface area (Å²) in [6.45, 7) is 7.55. The van der Waals surface area contributed by atoms with Gasteiger partial charge in [-0.3, -0.25) is 9.69 Å². The van der Waals surface area contributed by atoms with Crippen LogP contribution in [0.2, 0.25) is 0 Å². The Balaban J connectivity index is 1.67. The maximum atomic E-state index is 12.9. The number of nitrogens with one attached hydrogen (secondary N) is 1. The largest absolute Gasteiger partial charge is 0.494 e. The Morgan fingerprint density at radius 1 is 1.28 bits per heavy atom. The molecule has 3 rings (SSSR count). The topological polar surface area (TPSA) is 60.0 Å². The molecule has 0 aliphatic carbocycles. The molecule has 0 bridgehead atoms. The molecule has 2 aromatic rings. The van der Waals surface area contributed by atoms with E-state index >= 15 is 0 Å². The van der Waals surface area contributed by atoms with Gasteiger partial charge >= 0.3 is 0 Å². The van der Waals surface area contributed by atoms with Crippen molar-refractivity contribution in [3.8, 4) is 11.5 Å². The lowest BCUT2D eigenvalue weighted by molar-refractivity contribution is -0.117. The minimum Gasteiger partial charge on any atom is -0.494 e. The Hall–Kier alpha value is -2.09. The van der Waals surface area contributed by atoms with E-state index in [0.29, 0.717) is 36.9 Å². The highest BCUT2D eigenvalue weighted by Crippen LogP contribution is 2.29. The molecule has 0 spiro atoms. The first-order valence-corrected chi connectivity index (χ1v) is 11.1. The van der Waals surface area contributed by atoms with Crippen LogP contribution < -0.4 is 14.8 Å². The first-order chi connectivity index (χ1) is 14.2. The summed E-state index contributed by atoms with van der Waals surface area (Å²) >= 11 is 1.71. The molecule has 7 heteroatoms. The fourth-order valence-electron chi connectivity index (χ4n) is 3.42. The van der Waals surface area contributed by atoms with Gasteiger partial charge in [-0.05, 0) is 50.3 Å². The number of nitrogens with zero attached hydrogens (tertiary/aromatic N) is 1. The molecular formula is C22H30N2O4S. The first-order valence-electron chi connectivity index (χ1n) is 10.2. The van der Waals surface area contributed by atoms with E-state index in [2.05, 4.69) is 21.7 Å². The van der Waals surface area contributed by atoms with Crippen molar-refractivity contribution in [3.05, 3.63) is 40.6 Å². The van der Waals surface area contributed by atoms with E-state index in [1.807, 2.05) is 38.1 Å². The molecule has 1 fully saturated rings. The van der Waals surface area contributed by atoms with Gasteiger partial charge in [0.1, 0.15) is 11.5 Å². The predicted octanol–water partition coefficient (Wildman–Crippen LogP) is 4.17. The van der Waals surface area contributed by atoms with E-state index < -0.39 is 0 Å². The third-order valence-corrected chi connectivity index (χ3v) is 5.51. The Kier molecular flexibility index (Phi) is 8.34. The molecule has 1 N–H and O–H groups in total. The zero-order valence-corrected chi connectivity index (χ0v) is 18.0. The molecule has 1 unspecified atom stereocenters. The molecule has 1 aliphatic rings. The molecular weight excluding hydrogens is 388 g/mol. The molecule has 1 atom stereocenters. The van der Waals surface area contributed by atoms with Crippen molar-refractivity contribution >= 4 is 22.9 Å². The molecule has 0 saturated carbocycles. The first kappa shape index (κ1) is 21.6. The summed E-state index contributed by atoms with van der Waals surface area (Å²) in [6.07, 6.45) is 2.34. The van der Waals surface area contributed by atoms with Crippen molar-refractivity contribution in [3.63, 3.8) is 0 Å². The molecule has 6 nitrogen and oxygen atoms in total. The smallest absolute Gasteiger partial charge is 0.238 e. The standard InChI is InChI=1S/C22H30N2O4S/c1-3-26-17-9-10-21(27-4-2)20(13-17)23-22(25)16-24(14-18-7-5-11-28-18)15-19-8-6-12-29-19/h6,8-10,12-13,18H,3-5,7,11,14-16H2,1-2H3,(H,23,25). The number of anilines is 1. The molecule has 1 aromatic carbocycles. The number of hydrogen-bond acceptors (Lipinski definition) is 6. The number of hydrogen-bond donors (Lipinski definition) is 1. The van der Waals surface area contributed by atoms with Crippen LogP contribution in [0.4, 0.5) is 5.69 Å². The second-order valence-corrected chi connectivity index (χ2v) is 7.99. The summed E-state index contributed by atoms with van der Waals surface area (Å²) < 4.78 is 17.0. The Bertz CT molecular complexity index is 760. The van der Waals surface area contributed by atoms with Crippen LogP contribution in [0.5, 0.6) is 11.5 Å².